The highest BCUT2D eigenvalue weighted by Gasteiger charge is 2.18. The van der Waals surface area contributed by atoms with Crippen molar-refractivity contribution in [3.05, 3.63) is 5.89 Å². The van der Waals surface area contributed by atoms with Gasteiger partial charge in [0.1, 0.15) is 0 Å². The molecule has 0 aliphatic rings. The van der Waals surface area contributed by atoms with Gasteiger partial charge in [0.15, 0.2) is 6.67 Å². The molecular weight excluding hydrogens is 166 g/mol. The highest BCUT2D eigenvalue weighted by molar-refractivity contribution is 5.52. The van der Waals surface area contributed by atoms with E-state index >= 15 is 0 Å². The first-order chi connectivity index (χ1) is 6.15. The second kappa shape index (κ2) is 4.25. The summed E-state index contributed by atoms with van der Waals surface area (Å²) in [5, 5.41) is 4.19. The summed E-state index contributed by atoms with van der Waals surface area (Å²) in [7, 11) is 0. The molecule has 1 aromatic heterocycles. The minimum atomic E-state index is 0.391. The van der Waals surface area contributed by atoms with E-state index in [1.807, 2.05) is 6.92 Å². The van der Waals surface area contributed by atoms with Crippen LogP contribution in [-0.2, 0) is 6.67 Å². The third-order valence-electron chi connectivity index (χ3n) is 2.18. The molecule has 0 radical (unpaired) electrons. The number of hydrogen-bond donors (Lipinski definition) is 0. The lowest BCUT2D eigenvalue weighted by atomic mass is 9.98. The van der Waals surface area contributed by atoms with Crippen LogP contribution in [0.1, 0.15) is 39.5 Å². The highest BCUT2D eigenvalue weighted by atomic mass is 16.5. The maximum Gasteiger partial charge on any atom is 0.247 e. The molecule has 0 N–H and O–H groups in total. The van der Waals surface area contributed by atoms with Crippen LogP contribution in [0.4, 0.5) is 0 Å². The van der Waals surface area contributed by atoms with Gasteiger partial charge in [-0.1, -0.05) is 25.6 Å². The van der Waals surface area contributed by atoms with Crippen LogP contribution in [-0.4, -0.2) is 16.2 Å². The first-order valence-corrected chi connectivity index (χ1v) is 4.63. The Hall–Kier alpha value is -1.06. The monoisotopic (exact) mass is 183 g/mol. The summed E-state index contributed by atoms with van der Waals surface area (Å²) in [6, 6.07) is 0. The number of rotatable bonds is 4. The first-order valence-electron chi connectivity index (χ1n) is 4.63. The van der Waals surface area contributed by atoms with E-state index in [4.69, 9.17) is 4.52 Å². The Balaban J connectivity index is 2.45. The zero-order chi connectivity index (χ0) is 9.84. The summed E-state index contributed by atoms with van der Waals surface area (Å²) in [6.45, 7) is 8.79. The second-order valence-corrected chi connectivity index (χ2v) is 3.50. The van der Waals surface area contributed by atoms with E-state index in [1.54, 1.807) is 6.21 Å². The van der Waals surface area contributed by atoms with Gasteiger partial charge in [-0.3, -0.25) is 4.99 Å². The van der Waals surface area contributed by atoms with Crippen LogP contribution in [0, 0.1) is 5.92 Å². The van der Waals surface area contributed by atoms with Crippen molar-refractivity contribution in [2.24, 2.45) is 10.9 Å². The lowest BCUT2D eigenvalue weighted by molar-refractivity contribution is 0.102. The van der Waals surface area contributed by atoms with Crippen LogP contribution < -0.4 is 0 Å². The normalized spacial score (nSPS) is 14.5. The Morgan fingerprint density at radius 1 is 1.54 bits per heavy atom. The molecule has 0 aliphatic heterocycles. The van der Waals surface area contributed by atoms with Gasteiger partial charge < -0.3 is 4.52 Å². The molecule has 4 heteroatoms. The largest absolute Gasteiger partial charge is 0.343 e. The predicted octanol–water partition coefficient (Wildman–Crippen LogP) is 2.28. The number of hydrogen-bond acceptors (Lipinski definition) is 3. The number of aliphatic imine (C=N–C) groups is 1. The Labute approximate surface area is 78.6 Å². The van der Waals surface area contributed by atoms with Crippen molar-refractivity contribution >= 4 is 6.21 Å². The fourth-order valence-electron chi connectivity index (χ4n) is 0.895. The van der Waals surface area contributed by atoms with Crippen LogP contribution in [0.15, 0.2) is 9.52 Å². The summed E-state index contributed by atoms with van der Waals surface area (Å²) < 4.78 is 5.33. The van der Waals surface area contributed by atoms with Crippen molar-refractivity contribution < 1.29 is 4.52 Å². The van der Waals surface area contributed by atoms with Gasteiger partial charge in [-0.25, -0.2) is 0 Å². The predicted molar refractivity (Wildman–Crippen MR) is 51.9 cm³/mol. The highest BCUT2D eigenvalue weighted by Crippen LogP contribution is 2.22. The Morgan fingerprint density at radius 2 is 2.15 bits per heavy atom. The zero-order valence-corrected chi connectivity index (χ0v) is 8.69. The van der Waals surface area contributed by atoms with Crippen LogP contribution in [0.5, 0.6) is 0 Å². The van der Waals surface area contributed by atoms with E-state index in [-0.39, 0.29) is 0 Å². The van der Waals surface area contributed by atoms with Gasteiger partial charge in [0.2, 0.25) is 5.89 Å². The molecule has 74 valence electrons. The van der Waals surface area contributed by atoms with Crippen LogP contribution in [0.25, 0.3) is 0 Å². The Morgan fingerprint density at radius 3 is 2.62 bits per heavy atom. The maximum absolute atomic E-state index is 5.33. The molecule has 4 nitrogen and oxygen atoms in total. The van der Waals surface area contributed by atoms with Gasteiger partial charge in [0.25, 0.3) is 0 Å². The topological polar surface area (TPSA) is 43.3 Å². The molecule has 1 rings (SSSR count). The van der Waals surface area contributed by atoms with E-state index in [0.717, 1.165) is 5.89 Å². The number of aromatic nitrogens is 2. The molecule has 0 aromatic carbocycles. The SMILES string of the molecule is C/C=N\Cn1nc([C@@H](C)C(C)C)o1. The van der Waals surface area contributed by atoms with Crippen molar-refractivity contribution in [3.8, 4) is 0 Å². The van der Waals surface area contributed by atoms with E-state index in [2.05, 4.69) is 30.9 Å². The van der Waals surface area contributed by atoms with Gasteiger partial charge in [-0.05, 0) is 19.1 Å². The smallest absolute Gasteiger partial charge is 0.247 e. The lowest BCUT2D eigenvalue weighted by Gasteiger charge is -2.17. The summed E-state index contributed by atoms with van der Waals surface area (Å²) in [5.74, 6) is 1.78. The molecule has 0 spiro atoms. The van der Waals surface area contributed by atoms with Crippen molar-refractivity contribution in [2.45, 2.75) is 40.3 Å². The minimum Gasteiger partial charge on any atom is -0.343 e. The van der Waals surface area contributed by atoms with Crippen molar-refractivity contribution in [1.29, 1.82) is 0 Å². The molecule has 0 fully saturated rings. The summed E-state index contributed by atoms with van der Waals surface area (Å²) in [4.78, 5) is 5.50. The molecule has 0 saturated heterocycles. The molecule has 1 atom stereocenters. The molecule has 13 heavy (non-hydrogen) atoms. The van der Waals surface area contributed by atoms with Crippen molar-refractivity contribution in [3.63, 3.8) is 0 Å². The first kappa shape index (κ1) is 10.0. The van der Waals surface area contributed by atoms with Crippen molar-refractivity contribution in [2.75, 3.05) is 0 Å². The quantitative estimate of drug-likeness (QED) is 0.672. The van der Waals surface area contributed by atoms with E-state index < -0.39 is 0 Å². The average molecular weight is 183 g/mol. The van der Waals surface area contributed by atoms with Gasteiger partial charge >= 0.3 is 0 Å². The molecule has 0 aliphatic carbocycles. The third kappa shape index (κ3) is 2.44. The van der Waals surface area contributed by atoms with E-state index in [0.29, 0.717) is 18.5 Å². The van der Waals surface area contributed by atoms with Crippen molar-refractivity contribution in [1.82, 2.24) is 9.95 Å². The molecule has 0 amide bonds. The Kier molecular flexibility index (Phi) is 3.28. The fraction of sp³-hybridized carbons (Fsp3) is 0.778. The molecule has 0 unspecified atom stereocenters. The standard InChI is InChI=1S/C9H17N3O/c1-5-10-6-12-11-9(13-12)8(4)7(2)3/h5,7-8H,6H2,1-4H3/b10-5-/t8-/m0/s1. The van der Waals surface area contributed by atoms with Gasteiger partial charge in [-0.15, -0.1) is 5.10 Å². The van der Waals surface area contributed by atoms with Gasteiger partial charge in [0.05, 0.1) is 0 Å². The maximum atomic E-state index is 5.33. The van der Waals surface area contributed by atoms with Crippen LogP contribution in [0.2, 0.25) is 0 Å². The van der Waals surface area contributed by atoms with Crippen LogP contribution >= 0.6 is 0 Å². The van der Waals surface area contributed by atoms with E-state index in [1.165, 1.54) is 4.85 Å². The molecular formula is C9H17N3O. The lowest BCUT2D eigenvalue weighted by Crippen LogP contribution is -2.17. The second-order valence-electron chi connectivity index (χ2n) is 3.50. The fourth-order valence-corrected chi connectivity index (χ4v) is 0.895. The Bertz CT molecular complexity index is 260. The summed E-state index contributed by atoms with van der Waals surface area (Å²) >= 11 is 0. The van der Waals surface area contributed by atoms with Crippen LogP contribution in [0.3, 0.4) is 0 Å². The molecule has 1 heterocycles. The van der Waals surface area contributed by atoms with E-state index in [9.17, 15) is 0 Å². The minimum absolute atomic E-state index is 0.391. The molecule has 0 saturated carbocycles. The average Bonchev–Trinajstić information content (AvgIpc) is 2.01. The molecule has 0 bridgehead atoms. The summed E-state index contributed by atoms with van der Waals surface area (Å²) in [5.41, 5.74) is 0. The van der Waals surface area contributed by atoms with Gasteiger partial charge in [-0.2, -0.15) is 0 Å². The molecule has 1 aromatic rings. The van der Waals surface area contributed by atoms with Gasteiger partial charge in [0, 0.05) is 5.92 Å². The third-order valence-corrected chi connectivity index (χ3v) is 2.18. The summed E-state index contributed by atoms with van der Waals surface area (Å²) in [6.07, 6.45) is 1.74. The number of nitrogens with zero attached hydrogens (tertiary/aromatic N) is 3. The zero-order valence-electron chi connectivity index (χ0n) is 8.69.